The monoisotopic (exact) mass is 359 g/mol. The van der Waals surface area contributed by atoms with E-state index in [9.17, 15) is 4.39 Å². The number of ether oxygens (including phenoxy) is 1. The molecule has 1 N–H and O–H groups in total. The molecule has 0 unspecified atom stereocenters. The number of thiazole rings is 1. The first-order valence-corrected chi connectivity index (χ1v) is 9.06. The zero-order valence-corrected chi connectivity index (χ0v) is 15.5. The average molecular weight is 359 g/mol. The minimum Gasteiger partial charge on any atom is -0.383 e. The van der Waals surface area contributed by atoms with Crippen LogP contribution in [0.25, 0.3) is 11.3 Å². The Balaban J connectivity index is 1.72. The number of aryl methyl sites for hydroxylation is 1. The second-order valence-corrected chi connectivity index (χ2v) is 6.81. The molecule has 132 valence electrons. The Kier molecular flexibility index (Phi) is 5.50. The molecule has 0 spiro atoms. The molecule has 2 heterocycles. The van der Waals surface area contributed by atoms with Crippen LogP contribution in [0.4, 0.5) is 9.52 Å². The van der Waals surface area contributed by atoms with Crippen LogP contribution in [0.1, 0.15) is 17.0 Å². The van der Waals surface area contributed by atoms with Gasteiger partial charge in [0.15, 0.2) is 5.13 Å². The molecule has 4 nitrogen and oxygen atoms in total. The van der Waals surface area contributed by atoms with Crippen LogP contribution in [-0.2, 0) is 17.8 Å². The smallest absolute Gasteiger partial charge is 0.183 e. The molecule has 3 rings (SSSR count). The first kappa shape index (κ1) is 17.6. The number of nitrogens with one attached hydrogen (secondary N) is 1. The normalized spacial score (nSPS) is 11.0. The Hall–Kier alpha value is -2.18. The molecule has 0 radical (unpaired) electrons. The SMILES string of the molecule is COCCn1c(C)cc(-c2csc(NCc3ccc(F)cc3)n2)c1C. The van der Waals surface area contributed by atoms with Gasteiger partial charge in [0.1, 0.15) is 5.82 Å². The summed E-state index contributed by atoms with van der Waals surface area (Å²) in [4.78, 5) is 4.70. The molecule has 0 aliphatic rings. The third kappa shape index (κ3) is 4.08. The number of benzene rings is 1. The molecule has 0 saturated heterocycles. The lowest BCUT2D eigenvalue weighted by atomic mass is 10.2. The number of nitrogens with zero attached hydrogens (tertiary/aromatic N) is 2. The van der Waals surface area contributed by atoms with Crippen LogP contribution in [0.5, 0.6) is 0 Å². The molecule has 0 bridgehead atoms. The number of halogens is 1. The van der Waals surface area contributed by atoms with Crippen LogP contribution in [0.3, 0.4) is 0 Å². The van der Waals surface area contributed by atoms with E-state index in [0.29, 0.717) is 13.2 Å². The van der Waals surface area contributed by atoms with E-state index in [1.165, 1.54) is 23.5 Å². The Bertz CT molecular complexity index is 839. The zero-order valence-electron chi connectivity index (χ0n) is 14.7. The summed E-state index contributed by atoms with van der Waals surface area (Å²) in [6.45, 7) is 6.38. The summed E-state index contributed by atoms with van der Waals surface area (Å²) in [7, 11) is 1.72. The van der Waals surface area contributed by atoms with Crippen LogP contribution in [-0.4, -0.2) is 23.3 Å². The number of anilines is 1. The second kappa shape index (κ2) is 7.80. The predicted octanol–water partition coefficient (Wildman–Crippen LogP) is 4.63. The summed E-state index contributed by atoms with van der Waals surface area (Å²) in [6.07, 6.45) is 0. The van der Waals surface area contributed by atoms with Gasteiger partial charge in [0, 0.05) is 42.5 Å². The highest BCUT2D eigenvalue weighted by atomic mass is 32.1. The summed E-state index contributed by atoms with van der Waals surface area (Å²) < 4.78 is 20.4. The van der Waals surface area contributed by atoms with Gasteiger partial charge in [-0.05, 0) is 37.6 Å². The molecule has 6 heteroatoms. The summed E-state index contributed by atoms with van der Waals surface area (Å²) >= 11 is 1.58. The van der Waals surface area contributed by atoms with Gasteiger partial charge in [-0.1, -0.05) is 12.1 Å². The van der Waals surface area contributed by atoms with Crippen molar-refractivity contribution in [2.45, 2.75) is 26.9 Å². The number of hydrogen-bond acceptors (Lipinski definition) is 4. The third-order valence-electron chi connectivity index (χ3n) is 4.23. The van der Waals surface area contributed by atoms with Gasteiger partial charge in [-0.2, -0.15) is 0 Å². The maximum Gasteiger partial charge on any atom is 0.183 e. The lowest BCUT2D eigenvalue weighted by Crippen LogP contribution is -2.07. The maximum absolute atomic E-state index is 13.0. The van der Waals surface area contributed by atoms with E-state index in [1.54, 1.807) is 30.6 Å². The number of methoxy groups -OCH3 is 1. The van der Waals surface area contributed by atoms with E-state index >= 15 is 0 Å². The number of aromatic nitrogens is 2. The summed E-state index contributed by atoms with van der Waals surface area (Å²) in [5.41, 5.74) is 5.56. The minimum absolute atomic E-state index is 0.218. The van der Waals surface area contributed by atoms with Gasteiger partial charge in [-0.15, -0.1) is 11.3 Å². The van der Waals surface area contributed by atoms with Crippen LogP contribution in [0.2, 0.25) is 0 Å². The highest BCUT2D eigenvalue weighted by Gasteiger charge is 2.13. The van der Waals surface area contributed by atoms with Crippen molar-refractivity contribution in [3.05, 3.63) is 58.5 Å². The van der Waals surface area contributed by atoms with Crippen LogP contribution in [0, 0.1) is 19.7 Å². The fourth-order valence-corrected chi connectivity index (χ4v) is 3.56. The minimum atomic E-state index is -0.218. The molecule has 0 atom stereocenters. The maximum atomic E-state index is 13.0. The van der Waals surface area contributed by atoms with Crippen molar-refractivity contribution in [2.75, 3.05) is 19.0 Å². The van der Waals surface area contributed by atoms with Crippen molar-refractivity contribution in [3.8, 4) is 11.3 Å². The fourth-order valence-electron chi connectivity index (χ4n) is 2.85. The topological polar surface area (TPSA) is 39.1 Å². The van der Waals surface area contributed by atoms with Gasteiger partial charge in [-0.3, -0.25) is 0 Å². The van der Waals surface area contributed by atoms with Crippen LogP contribution in [0.15, 0.2) is 35.7 Å². The summed E-state index contributed by atoms with van der Waals surface area (Å²) in [5.74, 6) is -0.218. The highest BCUT2D eigenvalue weighted by Crippen LogP contribution is 2.30. The van der Waals surface area contributed by atoms with Crippen molar-refractivity contribution < 1.29 is 9.13 Å². The van der Waals surface area contributed by atoms with Crippen molar-refractivity contribution in [1.82, 2.24) is 9.55 Å². The largest absolute Gasteiger partial charge is 0.383 e. The van der Waals surface area contributed by atoms with Gasteiger partial charge >= 0.3 is 0 Å². The van der Waals surface area contributed by atoms with Crippen molar-refractivity contribution in [3.63, 3.8) is 0 Å². The van der Waals surface area contributed by atoms with Gasteiger partial charge in [0.05, 0.1) is 12.3 Å². The van der Waals surface area contributed by atoms with E-state index in [1.807, 2.05) is 0 Å². The second-order valence-electron chi connectivity index (χ2n) is 5.95. The van der Waals surface area contributed by atoms with Crippen molar-refractivity contribution >= 4 is 16.5 Å². The number of hydrogen-bond donors (Lipinski definition) is 1. The average Bonchev–Trinajstić information content (AvgIpc) is 3.18. The third-order valence-corrected chi connectivity index (χ3v) is 5.03. The van der Waals surface area contributed by atoms with Gasteiger partial charge in [0.25, 0.3) is 0 Å². The number of rotatable bonds is 7. The van der Waals surface area contributed by atoms with Crippen molar-refractivity contribution in [1.29, 1.82) is 0 Å². The molecule has 25 heavy (non-hydrogen) atoms. The Morgan fingerprint density at radius 1 is 1.24 bits per heavy atom. The zero-order chi connectivity index (χ0) is 17.8. The van der Waals surface area contributed by atoms with Crippen molar-refractivity contribution in [2.24, 2.45) is 0 Å². The Morgan fingerprint density at radius 3 is 2.72 bits per heavy atom. The molecular formula is C19H22FN3OS. The highest BCUT2D eigenvalue weighted by molar-refractivity contribution is 7.14. The van der Waals surface area contributed by atoms with E-state index in [4.69, 9.17) is 9.72 Å². The molecule has 3 aromatic rings. The molecule has 0 fully saturated rings. The summed E-state index contributed by atoms with van der Waals surface area (Å²) in [6, 6.07) is 8.67. The fraction of sp³-hybridized carbons (Fsp3) is 0.316. The quantitative estimate of drug-likeness (QED) is 0.669. The van der Waals surface area contributed by atoms with Gasteiger partial charge in [-0.25, -0.2) is 9.37 Å². The molecular weight excluding hydrogens is 337 g/mol. The molecule has 0 aliphatic carbocycles. The van der Waals surface area contributed by atoms with Gasteiger partial charge in [0.2, 0.25) is 0 Å². The van der Waals surface area contributed by atoms with Crippen LogP contribution < -0.4 is 5.32 Å². The van der Waals surface area contributed by atoms with Gasteiger partial charge < -0.3 is 14.6 Å². The molecule has 0 aliphatic heterocycles. The molecule has 0 saturated carbocycles. The van der Waals surface area contributed by atoms with E-state index < -0.39 is 0 Å². The van der Waals surface area contributed by atoms with Crippen LogP contribution >= 0.6 is 11.3 Å². The lowest BCUT2D eigenvalue weighted by molar-refractivity contribution is 0.186. The van der Waals surface area contributed by atoms with E-state index in [2.05, 4.69) is 35.2 Å². The first-order valence-electron chi connectivity index (χ1n) is 8.18. The van der Waals surface area contributed by atoms with E-state index in [-0.39, 0.29) is 5.82 Å². The predicted molar refractivity (Wildman–Crippen MR) is 101 cm³/mol. The standard InChI is InChI=1S/C19H22FN3OS/c1-13-10-17(14(2)23(13)8-9-24-3)18-12-25-19(22-18)21-11-15-4-6-16(20)7-5-15/h4-7,10,12H,8-9,11H2,1-3H3,(H,21,22). The molecule has 0 amide bonds. The molecule has 2 aromatic heterocycles. The molecule has 1 aromatic carbocycles. The summed E-state index contributed by atoms with van der Waals surface area (Å²) in [5, 5.41) is 6.23. The Morgan fingerprint density at radius 2 is 2.00 bits per heavy atom. The first-order chi connectivity index (χ1) is 12.1. The van der Waals surface area contributed by atoms with E-state index in [0.717, 1.165) is 28.5 Å². The lowest BCUT2D eigenvalue weighted by Gasteiger charge is -2.08. The Labute approximate surface area is 151 Å².